The van der Waals surface area contributed by atoms with Crippen LogP contribution < -0.4 is 16.1 Å². The molecule has 2 aliphatic heterocycles. The Labute approximate surface area is 227 Å². The summed E-state index contributed by atoms with van der Waals surface area (Å²) in [5, 5.41) is 5.50. The first-order chi connectivity index (χ1) is 18.3. The van der Waals surface area contributed by atoms with Gasteiger partial charge in [0.15, 0.2) is 16.1 Å². The normalized spacial score (nSPS) is 22.9. The van der Waals surface area contributed by atoms with Crippen molar-refractivity contribution < 1.29 is 32.3 Å². The van der Waals surface area contributed by atoms with Crippen molar-refractivity contribution in [3.8, 4) is 10.4 Å². The average molecular weight is 566 g/mol. The number of hydrogen-bond acceptors (Lipinski definition) is 8. The standard InChI is InChI=1S/C26H35N3O7S2/c1-34-15-13-27-25(31)28-20-8-6-7-19(17-20)21-10-11-22(37-21)26(12-3-5-16-38(26,32)33)18-23(30)29-36-24-9-2-4-14-35-24/h6-8,10-11,17,24H,2-5,9,12-16,18H2,1H3,(H,29,30)(H2,27,28,31)/t24?,26-/m0/s1. The van der Waals surface area contributed by atoms with Crippen LogP contribution in [0.4, 0.5) is 10.5 Å². The number of urea groups is 1. The number of rotatable bonds is 10. The molecule has 0 spiro atoms. The van der Waals surface area contributed by atoms with E-state index in [9.17, 15) is 18.0 Å². The maximum absolute atomic E-state index is 13.5. The largest absolute Gasteiger partial charge is 0.383 e. The minimum absolute atomic E-state index is 0.0394. The molecular formula is C26H35N3O7S2. The molecular weight excluding hydrogens is 530 g/mol. The third-order valence-corrected chi connectivity index (χ3v) is 10.8. The summed E-state index contributed by atoms with van der Waals surface area (Å²) in [4.78, 5) is 32.0. The van der Waals surface area contributed by atoms with Crippen LogP contribution in [0.2, 0.25) is 0 Å². The van der Waals surface area contributed by atoms with Crippen LogP contribution in [0.15, 0.2) is 36.4 Å². The minimum atomic E-state index is -3.59. The predicted octanol–water partition coefficient (Wildman–Crippen LogP) is 3.94. The zero-order valence-electron chi connectivity index (χ0n) is 21.5. The van der Waals surface area contributed by atoms with E-state index in [0.29, 0.717) is 56.0 Å². The van der Waals surface area contributed by atoms with Gasteiger partial charge in [0.05, 0.1) is 18.8 Å². The molecule has 4 rings (SSSR count). The molecule has 38 heavy (non-hydrogen) atoms. The van der Waals surface area contributed by atoms with E-state index in [1.54, 1.807) is 19.2 Å². The summed E-state index contributed by atoms with van der Waals surface area (Å²) >= 11 is 1.36. The zero-order valence-corrected chi connectivity index (χ0v) is 23.1. The average Bonchev–Trinajstić information content (AvgIpc) is 3.41. The van der Waals surface area contributed by atoms with Gasteiger partial charge in [0.1, 0.15) is 4.75 Å². The lowest BCUT2D eigenvalue weighted by molar-refractivity contribution is -0.200. The number of methoxy groups -OCH3 is 1. The van der Waals surface area contributed by atoms with Gasteiger partial charge in [-0.25, -0.2) is 23.5 Å². The third kappa shape index (κ3) is 6.92. The van der Waals surface area contributed by atoms with E-state index in [2.05, 4.69) is 16.1 Å². The quantitative estimate of drug-likeness (QED) is 0.294. The van der Waals surface area contributed by atoms with Gasteiger partial charge >= 0.3 is 6.03 Å². The molecule has 2 fully saturated rings. The van der Waals surface area contributed by atoms with Gasteiger partial charge in [-0.05, 0) is 55.5 Å². The Morgan fingerprint density at radius 1 is 1.16 bits per heavy atom. The SMILES string of the molecule is COCCNC(=O)Nc1cccc(-c2ccc([C@@]3(CC(=O)NOC4CCCCO4)CCCCS3(=O)=O)s2)c1. The Balaban J connectivity index is 1.51. The molecule has 2 saturated heterocycles. The highest BCUT2D eigenvalue weighted by molar-refractivity contribution is 7.92. The summed E-state index contributed by atoms with van der Waals surface area (Å²) in [5.74, 6) is -0.442. The second-order valence-corrected chi connectivity index (χ2v) is 13.0. The lowest BCUT2D eigenvalue weighted by atomic mass is 9.94. The fourth-order valence-corrected chi connectivity index (χ4v) is 8.55. The molecule has 0 saturated carbocycles. The first kappa shape index (κ1) is 28.5. The van der Waals surface area contributed by atoms with Gasteiger partial charge in [-0.1, -0.05) is 18.6 Å². The predicted molar refractivity (Wildman–Crippen MR) is 145 cm³/mol. The number of carbonyl (C=O) groups excluding carboxylic acids is 2. The summed E-state index contributed by atoms with van der Waals surface area (Å²) in [7, 11) is -2.03. The highest BCUT2D eigenvalue weighted by atomic mass is 32.2. The third-order valence-electron chi connectivity index (χ3n) is 6.78. The first-order valence-corrected chi connectivity index (χ1v) is 15.3. The smallest absolute Gasteiger partial charge is 0.319 e. The molecule has 0 aliphatic carbocycles. The molecule has 1 aromatic carbocycles. The molecule has 2 atom stereocenters. The van der Waals surface area contributed by atoms with Crippen molar-refractivity contribution in [3.63, 3.8) is 0 Å². The number of hydrogen-bond donors (Lipinski definition) is 3. The van der Waals surface area contributed by atoms with Gasteiger partial charge < -0.3 is 20.1 Å². The molecule has 3 amide bonds. The molecule has 2 aromatic rings. The first-order valence-electron chi connectivity index (χ1n) is 12.9. The number of sulfone groups is 1. The Hall–Kier alpha value is -2.51. The van der Waals surface area contributed by atoms with Crippen LogP contribution in [-0.2, 0) is 33.7 Å². The molecule has 3 N–H and O–H groups in total. The number of ether oxygens (including phenoxy) is 2. The van der Waals surface area contributed by atoms with Crippen molar-refractivity contribution in [2.24, 2.45) is 0 Å². The van der Waals surface area contributed by atoms with Crippen molar-refractivity contribution in [1.29, 1.82) is 0 Å². The Kier molecular flexibility index (Phi) is 9.77. The lowest BCUT2D eigenvalue weighted by Crippen LogP contribution is -2.45. The second-order valence-electron chi connectivity index (χ2n) is 9.50. The summed E-state index contributed by atoms with van der Waals surface area (Å²) in [6.45, 7) is 1.37. The maximum Gasteiger partial charge on any atom is 0.319 e. The van der Waals surface area contributed by atoms with E-state index in [1.165, 1.54) is 11.3 Å². The molecule has 0 radical (unpaired) electrons. The Bertz CT molecular complexity index is 1210. The van der Waals surface area contributed by atoms with Crippen LogP contribution in [-0.4, -0.2) is 59.3 Å². The monoisotopic (exact) mass is 565 g/mol. The van der Waals surface area contributed by atoms with Gasteiger partial charge in [0.25, 0.3) is 0 Å². The van der Waals surface area contributed by atoms with Crippen molar-refractivity contribution in [2.75, 3.05) is 37.9 Å². The van der Waals surface area contributed by atoms with Gasteiger partial charge in [0.2, 0.25) is 5.91 Å². The molecule has 1 unspecified atom stereocenters. The highest BCUT2D eigenvalue weighted by Gasteiger charge is 2.49. The summed E-state index contributed by atoms with van der Waals surface area (Å²) < 4.78 is 36.1. The van der Waals surface area contributed by atoms with E-state index in [4.69, 9.17) is 14.3 Å². The van der Waals surface area contributed by atoms with Crippen LogP contribution in [0, 0.1) is 0 Å². The summed E-state index contributed by atoms with van der Waals surface area (Å²) in [6.07, 6.45) is 3.52. The van der Waals surface area contributed by atoms with E-state index < -0.39 is 26.8 Å². The fraction of sp³-hybridized carbons (Fsp3) is 0.538. The fourth-order valence-electron chi connectivity index (χ4n) is 4.78. The molecule has 3 heterocycles. The number of thiophene rings is 1. The van der Waals surface area contributed by atoms with Gasteiger partial charge in [-0.15, -0.1) is 11.3 Å². The Morgan fingerprint density at radius 3 is 2.79 bits per heavy atom. The highest BCUT2D eigenvalue weighted by Crippen LogP contribution is 2.47. The van der Waals surface area contributed by atoms with Gasteiger partial charge in [-0.2, -0.15) is 0 Å². The van der Waals surface area contributed by atoms with Crippen LogP contribution in [0.1, 0.15) is 49.8 Å². The number of benzene rings is 1. The van der Waals surface area contributed by atoms with Crippen molar-refractivity contribution >= 4 is 38.8 Å². The molecule has 12 heteroatoms. The molecule has 2 aliphatic rings. The zero-order chi connectivity index (χ0) is 27.0. The van der Waals surface area contributed by atoms with E-state index in [0.717, 1.165) is 23.3 Å². The second kappa shape index (κ2) is 13.0. The molecule has 0 bridgehead atoms. The van der Waals surface area contributed by atoms with Gasteiger partial charge in [-0.3, -0.25) is 4.79 Å². The number of anilines is 1. The lowest BCUT2D eigenvalue weighted by Gasteiger charge is -2.35. The number of carbonyl (C=O) groups is 2. The Morgan fingerprint density at radius 2 is 2.03 bits per heavy atom. The maximum atomic E-state index is 13.5. The van der Waals surface area contributed by atoms with Crippen LogP contribution in [0.5, 0.6) is 0 Å². The summed E-state index contributed by atoms with van der Waals surface area (Å²) in [6, 6.07) is 10.7. The van der Waals surface area contributed by atoms with E-state index in [-0.39, 0.29) is 18.2 Å². The van der Waals surface area contributed by atoms with Crippen LogP contribution in [0.25, 0.3) is 10.4 Å². The molecule has 1 aromatic heterocycles. The number of nitrogens with one attached hydrogen (secondary N) is 3. The number of amides is 3. The summed E-state index contributed by atoms with van der Waals surface area (Å²) in [5.41, 5.74) is 3.88. The van der Waals surface area contributed by atoms with Crippen LogP contribution >= 0.6 is 11.3 Å². The molecule has 208 valence electrons. The van der Waals surface area contributed by atoms with Gasteiger partial charge in [0, 0.05) is 42.1 Å². The van der Waals surface area contributed by atoms with Crippen molar-refractivity contribution in [3.05, 3.63) is 41.3 Å². The molecule has 10 nitrogen and oxygen atoms in total. The topological polar surface area (TPSA) is 132 Å². The number of hydroxylamine groups is 1. The van der Waals surface area contributed by atoms with Crippen LogP contribution in [0.3, 0.4) is 0 Å². The minimum Gasteiger partial charge on any atom is -0.383 e. The van der Waals surface area contributed by atoms with E-state index in [1.807, 2.05) is 24.3 Å². The van der Waals surface area contributed by atoms with E-state index >= 15 is 0 Å². The van der Waals surface area contributed by atoms with Crippen molar-refractivity contribution in [2.45, 2.75) is 56.0 Å². The van der Waals surface area contributed by atoms with Crippen molar-refractivity contribution in [1.82, 2.24) is 10.8 Å².